The minimum absolute atomic E-state index is 0.0370. The summed E-state index contributed by atoms with van der Waals surface area (Å²) in [5.41, 5.74) is 1.69. The van der Waals surface area contributed by atoms with Crippen molar-refractivity contribution in [1.29, 1.82) is 0 Å². The van der Waals surface area contributed by atoms with E-state index in [1.807, 2.05) is 52.3 Å². The molecule has 0 aliphatic carbocycles. The number of thiol groups is 1. The predicted molar refractivity (Wildman–Crippen MR) is 121 cm³/mol. The minimum atomic E-state index is -0.578. The van der Waals surface area contributed by atoms with Gasteiger partial charge in [0.25, 0.3) is 11.8 Å². The number of carbonyl (C=O) groups is 2. The second kappa shape index (κ2) is 10.0. The predicted octanol–water partition coefficient (Wildman–Crippen LogP) is 4.24. The van der Waals surface area contributed by atoms with Crippen molar-refractivity contribution >= 4 is 24.4 Å². The number of rotatable bonds is 5. The molecule has 0 saturated carbocycles. The fraction of sp³-hybridized carbons (Fsp3) is 0.417. The Labute approximate surface area is 184 Å². The fourth-order valence-corrected chi connectivity index (χ4v) is 3.98. The molecule has 2 aromatic carbocycles. The lowest BCUT2D eigenvalue weighted by atomic mass is 10.0. The highest BCUT2D eigenvalue weighted by Gasteiger charge is 2.27. The standard InChI is InChI=1S/C24H30N2O3S/c1-17(2)19-9-4-6-11-21(19)29-18(3)23(27)25-13-8-14-26(16-15-25)24(28)20-10-5-7-12-22(20)30/h4-7,9-12,17-18,30H,8,13-16H2,1-3H3. The Hall–Kier alpha value is -2.47. The van der Waals surface area contributed by atoms with Crippen molar-refractivity contribution in [2.24, 2.45) is 0 Å². The zero-order valence-electron chi connectivity index (χ0n) is 17.9. The molecule has 1 unspecified atom stereocenters. The Morgan fingerprint density at radius 1 is 0.900 bits per heavy atom. The summed E-state index contributed by atoms with van der Waals surface area (Å²) < 4.78 is 6.04. The van der Waals surface area contributed by atoms with Gasteiger partial charge >= 0.3 is 0 Å². The van der Waals surface area contributed by atoms with Gasteiger partial charge in [0.1, 0.15) is 5.75 Å². The summed E-state index contributed by atoms with van der Waals surface area (Å²) in [6.07, 6.45) is 0.159. The normalized spacial score (nSPS) is 15.6. The van der Waals surface area contributed by atoms with Crippen molar-refractivity contribution < 1.29 is 14.3 Å². The molecule has 0 bridgehead atoms. The first kappa shape index (κ1) is 22.2. The molecule has 0 aromatic heterocycles. The zero-order chi connectivity index (χ0) is 21.7. The van der Waals surface area contributed by atoms with E-state index in [0.29, 0.717) is 42.6 Å². The summed E-state index contributed by atoms with van der Waals surface area (Å²) >= 11 is 4.40. The molecule has 30 heavy (non-hydrogen) atoms. The summed E-state index contributed by atoms with van der Waals surface area (Å²) in [7, 11) is 0. The maximum absolute atomic E-state index is 13.0. The zero-order valence-corrected chi connectivity index (χ0v) is 18.8. The largest absolute Gasteiger partial charge is 0.481 e. The average molecular weight is 427 g/mol. The molecule has 0 spiro atoms. The van der Waals surface area contributed by atoms with Gasteiger partial charge in [0, 0.05) is 31.1 Å². The number of hydrogen-bond acceptors (Lipinski definition) is 4. The monoisotopic (exact) mass is 426 g/mol. The number of amides is 2. The van der Waals surface area contributed by atoms with Crippen molar-refractivity contribution in [3.05, 3.63) is 59.7 Å². The van der Waals surface area contributed by atoms with E-state index in [1.165, 1.54) is 0 Å². The van der Waals surface area contributed by atoms with Gasteiger partial charge in [-0.3, -0.25) is 9.59 Å². The molecular formula is C24H30N2O3S. The van der Waals surface area contributed by atoms with Crippen LogP contribution in [0.5, 0.6) is 5.75 Å². The van der Waals surface area contributed by atoms with E-state index < -0.39 is 6.10 Å². The molecule has 1 aliphatic rings. The number of ether oxygens (including phenoxy) is 1. The van der Waals surface area contributed by atoms with Crippen LogP contribution in [0.15, 0.2) is 53.4 Å². The smallest absolute Gasteiger partial charge is 0.263 e. The third-order valence-electron chi connectivity index (χ3n) is 5.42. The number of para-hydroxylation sites is 1. The molecular weight excluding hydrogens is 396 g/mol. The van der Waals surface area contributed by atoms with Crippen LogP contribution >= 0.6 is 12.6 Å². The number of benzene rings is 2. The fourth-order valence-electron chi connectivity index (χ4n) is 3.73. The Balaban J connectivity index is 1.63. The van der Waals surface area contributed by atoms with Crippen molar-refractivity contribution in [1.82, 2.24) is 9.80 Å². The summed E-state index contributed by atoms with van der Waals surface area (Å²) in [5.74, 6) is 0.990. The third kappa shape index (κ3) is 5.17. The van der Waals surface area contributed by atoms with Gasteiger partial charge in [-0.25, -0.2) is 0 Å². The number of nitrogens with zero attached hydrogens (tertiary/aromatic N) is 2. The third-order valence-corrected chi connectivity index (χ3v) is 5.81. The first-order chi connectivity index (χ1) is 14.4. The van der Waals surface area contributed by atoms with Crippen LogP contribution < -0.4 is 4.74 Å². The van der Waals surface area contributed by atoms with Crippen molar-refractivity contribution in [2.45, 2.75) is 44.1 Å². The maximum atomic E-state index is 13.0. The molecule has 3 rings (SSSR count). The van der Waals surface area contributed by atoms with Crippen LogP contribution in [0.4, 0.5) is 0 Å². The van der Waals surface area contributed by atoms with Gasteiger partial charge in [-0.15, -0.1) is 12.6 Å². The molecule has 1 aliphatic heterocycles. The first-order valence-electron chi connectivity index (χ1n) is 10.5. The van der Waals surface area contributed by atoms with Crippen molar-refractivity contribution in [2.75, 3.05) is 26.2 Å². The lowest BCUT2D eigenvalue weighted by Crippen LogP contribution is -2.43. The van der Waals surface area contributed by atoms with Gasteiger partial charge in [-0.05, 0) is 43.0 Å². The number of hydrogen-bond donors (Lipinski definition) is 1. The summed E-state index contributed by atoms with van der Waals surface area (Å²) in [4.78, 5) is 30.2. The SMILES string of the molecule is CC(Oc1ccccc1C(C)C)C(=O)N1CCCN(C(=O)c2ccccc2S)CC1. The van der Waals surface area contributed by atoms with E-state index in [9.17, 15) is 9.59 Å². The van der Waals surface area contributed by atoms with Crippen LogP contribution in [0.25, 0.3) is 0 Å². The van der Waals surface area contributed by atoms with Crippen LogP contribution in [-0.4, -0.2) is 53.9 Å². The molecule has 160 valence electrons. The molecule has 1 saturated heterocycles. The Morgan fingerprint density at radius 2 is 1.53 bits per heavy atom. The molecule has 2 amide bonds. The second-order valence-corrected chi connectivity index (χ2v) is 8.42. The van der Waals surface area contributed by atoms with Crippen molar-refractivity contribution in [3.8, 4) is 5.75 Å². The summed E-state index contributed by atoms with van der Waals surface area (Å²) in [6, 6.07) is 15.2. The summed E-state index contributed by atoms with van der Waals surface area (Å²) in [6.45, 7) is 8.25. The minimum Gasteiger partial charge on any atom is -0.481 e. The Kier molecular flexibility index (Phi) is 7.43. The molecule has 1 heterocycles. The van der Waals surface area contributed by atoms with E-state index in [-0.39, 0.29) is 11.8 Å². The van der Waals surface area contributed by atoms with Gasteiger partial charge < -0.3 is 14.5 Å². The van der Waals surface area contributed by atoms with Gasteiger partial charge in [0.2, 0.25) is 0 Å². The van der Waals surface area contributed by atoms with E-state index >= 15 is 0 Å². The van der Waals surface area contributed by atoms with Crippen LogP contribution in [0.2, 0.25) is 0 Å². The highest BCUT2D eigenvalue weighted by molar-refractivity contribution is 7.80. The van der Waals surface area contributed by atoms with Gasteiger partial charge in [-0.2, -0.15) is 0 Å². The lowest BCUT2D eigenvalue weighted by molar-refractivity contribution is -0.137. The highest BCUT2D eigenvalue weighted by atomic mass is 32.1. The van der Waals surface area contributed by atoms with Gasteiger partial charge in [-0.1, -0.05) is 44.2 Å². The second-order valence-electron chi connectivity index (χ2n) is 7.94. The van der Waals surface area contributed by atoms with Gasteiger partial charge in [0.15, 0.2) is 6.10 Å². The molecule has 0 N–H and O–H groups in total. The van der Waals surface area contributed by atoms with E-state index in [4.69, 9.17) is 4.74 Å². The molecule has 0 radical (unpaired) electrons. The quantitative estimate of drug-likeness (QED) is 0.728. The summed E-state index contributed by atoms with van der Waals surface area (Å²) in [5, 5.41) is 0. The molecule has 5 nitrogen and oxygen atoms in total. The Morgan fingerprint density at radius 3 is 2.27 bits per heavy atom. The maximum Gasteiger partial charge on any atom is 0.263 e. The van der Waals surface area contributed by atoms with E-state index in [1.54, 1.807) is 13.0 Å². The van der Waals surface area contributed by atoms with E-state index in [0.717, 1.165) is 17.7 Å². The molecule has 1 atom stereocenters. The molecule has 6 heteroatoms. The lowest BCUT2D eigenvalue weighted by Gasteiger charge is -2.26. The Bertz CT molecular complexity index is 900. The highest BCUT2D eigenvalue weighted by Crippen LogP contribution is 2.27. The average Bonchev–Trinajstić information content (AvgIpc) is 2.99. The van der Waals surface area contributed by atoms with Crippen molar-refractivity contribution in [3.63, 3.8) is 0 Å². The van der Waals surface area contributed by atoms with Crippen LogP contribution in [0.1, 0.15) is 49.0 Å². The number of carbonyl (C=O) groups excluding carboxylic acids is 2. The van der Waals surface area contributed by atoms with E-state index in [2.05, 4.69) is 26.5 Å². The van der Waals surface area contributed by atoms with Crippen LogP contribution in [0, 0.1) is 0 Å². The molecule has 2 aromatic rings. The van der Waals surface area contributed by atoms with Gasteiger partial charge in [0.05, 0.1) is 5.56 Å². The topological polar surface area (TPSA) is 49.9 Å². The molecule has 1 fully saturated rings. The van der Waals surface area contributed by atoms with Crippen LogP contribution in [-0.2, 0) is 4.79 Å². The van der Waals surface area contributed by atoms with Crippen LogP contribution in [0.3, 0.4) is 0 Å². The first-order valence-corrected chi connectivity index (χ1v) is 10.9.